The maximum absolute atomic E-state index is 10.6. The molecule has 14 heteroatoms. The molecule has 0 saturated carbocycles. The van der Waals surface area contributed by atoms with Crippen LogP contribution in [-0.2, 0) is 19.0 Å². The van der Waals surface area contributed by atoms with E-state index in [-0.39, 0.29) is 6.04 Å². The van der Waals surface area contributed by atoms with Crippen LogP contribution in [-0.4, -0.2) is 104 Å². The Kier molecular flexibility index (Phi) is 9.47. The third-order valence-electron chi connectivity index (χ3n) is 5.36. The van der Waals surface area contributed by atoms with E-state index in [1.165, 1.54) is 0 Å². The molecule has 2 atom stereocenters. The molecule has 4 rings (SSSR count). The van der Waals surface area contributed by atoms with Crippen LogP contribution in [0.2, 0.25) is 0 Å². The van der Waals surface area contributed by atoms with Crippen LogP contribution in [0.25, 0.3) is 0 Å². The minimum atomic E-state index is -5.08. The number of aromatic nitrogens is 3. The maximum atomic E-state index is 10.6. The molecular weight excluding hydrogens is 461 g/mol. The van der Waals surface area contributed by atoms with E-state index in [0.717, 1.165) is 64.1 Å². The Balaban J connectivity index is 0.000000406. The van der Waals surface area contributed by atoms with Gasteiger partial charge in [0.1, 0.15) is 0 Å². The normalized spacial score (nSPS) is 24.0. The smallest absolute Gasteiger partial charge is 0.475 e. The second-order valence-electron chi connectivity index (χ2n) is 8.35. The molecule has 1 unspecified atom stereocenters. The van der Waals surface area contributed by atoms with Crippen molar-refractivity contribution in [2.75, 3.05) is 80.9 Å². The summed E-state index contributed by atoms with van der Waals surface area (Å²) >= 11 is 0. The Morgan fingerprint density at radius 1 is 0.971 bits per heavy atom. The first-order valence-electron chi connectivity index (χ1n) is 11.3. The van der Waals surface area contributed by atoms with E-state index in [0.29, 0.717) is 38.3 Å². The third kappa shape index (κ3) is 8.09. The van der Waals surface area contributed by atoms with Crippen LogP contribution in [0, 0.1) is 5.92 Å². The average Bonchev–Trinajstić information content (AvgIpc) is 3.04. The quantitative estimate of drug-likeness (QED) is 0.634. The minimum absolute atomic E-state index is 0.248. The summed E-state index contributed by atoms with van der Waals surface area (Å²) in [6.07, 6.45) is -2.95. The molecule has 0 aromatic carbocycles. The maximum Gasteiger partial charge on any atom is 0.490 e. The number of hydrogen-bond acceptors (Lipinski definition) is 10. The van der Waals surface area contributed by atoms with E-state index in [1.54, 1.807) is 0 Å². The van der Waals surface area contributed by atoms with E-state index < -0.39 is 12.1 Å². The van der Waals surface area contributed by atoms with Crippen molar-refractivity contribution < 1.29 is 37.3 Å². The number of carboxylic acid groups (broad SMARTS) is 1. The predicted molar refractivity (Wildman–Crippen MR) is 116 cm³/mol. The first kappa shape index (κ1) is 26.2. The van der Waals surface area contributed by atoms with Crippen molar-refractivity contribution in [3.8, 4) is 0 Å². The first-order chi connectivity index (χ1) is 16.2. The number of aliphatic carboxylic acids is 1. The van der Waals surface area contributed by atoms with Crippen LogP contribution in [0.5, 0.6) is 0 Å². The van der Waals surface area contributed by atoms with Crippen LogP contribution >= 0.6 is 0 Å². The van der Waals surface area contributed by atoms with Crippen LogP contribution < -0.4 is 15.1 Å². The molecule has 1 aromatic rings. The van der Waals surface area contributed by atoms with Crippen molar-refractivity contribution in [1.82, 2.24) is 15.0 Å². The number of ether oxygens (including phenoxy) is 3. The van der Waals surface area contributed by atoms with E-state index in [4.69, 9.17) is 39.1 Å². The summed E-state index contributed by atoms with van der Waals surface area (Å²) in [7, 11) is 0. The minimum Gasteiger partial charge on any atom is -0.475 e. The van der Waals surface area contributed by atoms with Gasteiger partial charge in [-0.05, 0) is 18.8 Å². The summed E-state index contributed by atoms with van der Waals surface area (Å²) in [6.45, 7) is 9.90. The number of nitrogens with one attached hydrogen (secondary N) is 1. The van der Waals surface area contributed by atoms with Crippen molar-refractivity contribution in [2.24, 2.45) is 5.92 Å². The monoisotopic (exact) mass is 492 g/mol. The Morgan fingerprint density at radius 3 is 2.18 bits per heavy atom. The van der Waals surface area contributed by atoms with Gasteiger partial charge in [0.25, 0.3) is 0 Å². The van der Waals surface area contributed by atoms with Gasteiger partial charge in [0, 0.05) is 32.8 Å². The number of halogens is 3. The van der Waals surface area contributed by atoms with Gasteiger partial charge in [0.2, 0.25) is 17.8 Å². The number of alkyl halides is 3. The van der Waals surface area contributed by atoms with Crippen LogP contribution in [0.15, 0.2) is 0 Å². The molecule has 0 aliphatic carbocycles. The fourth-order valence-electron chi connectivity index (χ4n) is 3.66. The summed E-state index contributed by atoms with van der Waals surface area (Å²) in [5, 5.41) is 10.6. The topological polar surface area (TPSA) is 122 Å². The van der Waals surface area contributed by atoms with Crippen molar-refractivity contribution in [1.29, 1.82) is 0 Å². The van der Waals surface area contributed by atoms with Crippen LogP contribution in [0.3, 0.4) is 0 Å². The Hall–Kier alpha value is -2.45. The third-order valence-corrected chi connectivity index (χ3v) is 5.36. The predicted octanol–water partition coefficient (Wildman–Crippen LogP) is 1.41. The Morgan fingerprint density at radius 2 is 1.56 bits per heavy atom. The second-order valence-corrected chi connectivity index (χ2v) is 8.35. The largest absolute Gasteiger partial charge is 0.490 e. The molecule has 11 nitrogen and oxygen atoms in total. The van der Waals surface area contributed by atoms with E-state index >= 15 is 0 Å². The zero-order valence-electron chi connectivity index (χ0n) is 19.1. The Labute approximate surface area is 195 Å². The molecule has 0 bridgehead atoms. The number of hydrogen-bond donors (Lipinski definition) is 2. The van der Waals surface area contributed by atoms with Gasteiger partial charge >= 0.3 is 12.1 Å². The van der Waals surface area contributed by atoms with Gasteiger partial charge in [-0.1, -0.05) is 6.92 Å². The van der Waals surface area contributed by atoms with E-state index in [2.05, 4.69) is 22.0 Å². The molecule has 0 radical (unpaired) electrons. The molecule has 1 aromatic heterocycles. The number of rotatable bonds is 4. The average molecular weight is 492 g/mol. The Bertz CT molecular complexity index is 790. The first-order valence-corrected chi connectivity index (χ1v) is 11.3. The van der Waals surface area contributed by atoms with Gasteiger partial charge in [-0.3, -0.25) is 0 Å². The van der Waals surface area contributed by atoms with Gasteiger partial charge in [-0.2, -0.15) is 28.1 Å². The van der Waals surface area contributed by atoms with Crippen molar-refractivity contribution in [3.63, 3.8) is 0 Å². The molecule has 0 amide bonds. The number of anilines is 3. The second kappa shape index (κ2) is 12.3. The number of carboxylic acids is 1. The molecule has 192 valence electrons. The number of nitrogens with zero attached hydrogens (tertiary/aromatic N) is 5. The van der Waals surface area contributed by atoms with Crippen LogP contribution in [0.4, 0.5) is 31.0 Å². The molecular formula is C20H31F3N6O5. The fourth-order valence-corrected chi connectivity index (χ4v) is 3.66. The summed E-state index contributed by atoms with van der Waals surface area (Å²) in [4.78, 5) is 27.5. The molecule has 3 fully saturated rings. The lowest BCUT2D eigenvalue weighted by molar-refractivity contribution is -0.192. The summed E-state index contributed by atoms with van der Waals surface area (Å²) in [5.41, 5.74) is 0. The molecule has 2 N–H and O–H groups in total. The highest BCUT2D eigenvalue weighted by molar-refractivity contribution is 5.73. The number of carbonyl (C=O) groups is 1. The van der Waals surface area contributed by atoms with Gasteiger partial charge < -0.3 is 34.4 Å². The molecule has 3 saturated heterocycles. The van der Waals surface area contributed by atoms with Crippen molar-refractivity contribution in [2.45, 2.75) is 32.0 Å². The number of morpholine rings is 1. The standard InChI is InChI=1S/C18H30N6O3.C2HF3O2/c1-14-11-24(6-10-27-12-14)18-21-16(19-15-3-2-7-26-13-15)20-17(22-18)23-4-8-25-9-5-23;3-2(4,5)1(6)7/h14-15H,2-13H2,1H3,(H,19,20,21,22);(H,6,7)/t14?,15-;/m0./s1. The zero-order valence-corrected chi connectivity index (χ0v) is 19.1. The lowest BCUT2D eigenvalue weighted by Crippen LogP contribution is -2.39. The van der Waals surface area contributed by atoms with Crippen LogP contribution in [0.1, 0.15) is 19.8 Å². The summed E-state index contributed by atoms with van der Waals surface area (Å²) in [5.74, 6) is -0.231. The lowest BCUT2D eigenvalue weighted by atomic mass is 10.1. The van der Waals surface area contributed by atoms with Crippen molar-refractivity contribution >= 4 is 23.8 Å². The summed E-state index contributed by atoms with van der Waals surface area (Å²) in [6, 6.07) is 0.248. The highest BCUT2D eigenvalue weighted by atomic mass is 19.4. The fraction of sp³-hybridized carbons (Fsp3) is 0.800. The highest BCUT2D eigenvalue weighted by Crippen LogP contribution is 2.21. The van der Waals surface area contributed by atoms with E-state index in [9.17, 15) is 13.2 Å². The highest BCUT2D eigenvalue weighted by Gasteiger charge is 2.38. The lowest BCUT2D eigenvalue weighted by Gasteiger charge is -2.29. The molecule has 34 heavy (non-hydrogen) atoms. The zero-order chi connectivity index (χ0) is 24.6. The molecule has 4 heterocycles. The van der Waals surface area contributed by atoms with Gasteiger partial charge in [0.15, 0.2) is 0 Å². The SMILES string of the molecule is CC1COCCN(c2nc(N[C@H]3CCCOC3)nc(N3CCOCC3)n2)C1.O=C(O)C(F)(F)F. The van der Waals surface area contributed by atoms with Crippen molar-refractivity contribution in [3.05, 3.63) is 0 Å². The molecule has 0 spiro atoms. The van der Waals surface area contributed by atoms with Gasteiger partial charge in [-0.15, -0.1) is 0 Å². The van der Waals surface area contributed by atoms with E-state index in [1.807, 2.05) is 0 Å². The summed E-state index contributed by atoms with van der Waals surface area (Å²) < 4.78 is 48.5. The molecule has 3 aliphatic rings. The van der Waals surface area contributed by atoms with Gasteiger partial charge in [-0.25, -0.2) is 4.79 Å². The molecule has 3 aliphatic heterocycles. The van der Waals surface area contributed by atoms with Gasteiger partial charge in [0.05, 0.1) is 39.1 Å².